The van der Waals surface area contributed by atoms with Gasteiger partial charge in [-0.1, -0.05) is 35.9 Å². The normalized spacial score (nSPS) is 14.2. The van der Waals surface area contributed by atoms with Crippen LogP contribution in [0.2, 0.25) is 5.02 Å². The van der Waals surface area contributed by atoms with Crippen LogP contribution in [-0.2, 0) is 5.60 Å². The van der Waals surface area contributed by atoms with E-state index in [-0.39, 0.29) is 5.82 Å². The lowest BCUT2D eigenvalue weighted by Gasteiger charge is -2.25. The maximum absolute atomic E-state index is 13.6. The van der Waals surface area contributed by atoms with Gasteiger partial charge in [-0.3, -0.25) is 0 Å². The molecule has 0 heterocycles. The zero-order chi connectivity index (χ0) is 14.2. The predicted molar refractivity (Wildman–Crippen MR) is 76.0 cm³/mol. The van der Waals surface area contributed by atoms with Crippen LogP contribution in [0.3, 0.4) is 0 Å². The summed E-state index contributed by atoms with van der Waals surface area (Å²) in [6.07, 6.45) is 0. The zero-order valence-electron chi connectivity index (χ0n) is 11.2. The number of hydrogen-bond donors (Lipinski definition) is 1. The molecule has 1 N–H and O–H groups in total. The number of aliphatic hydroxyl groups is 1. The lowest BCUT2D eigenvalue weighted by molar-refractivity contribution is 0.102. The summed E-state index contributed by atoms with van der Waals surface area (Å²) in [6, 6.07) is 10.1. The third-order valence-corrected chi connectivity index (χ3v) is 3.88. The Morgan fingerprint density at radius 2 is 1.53 bits per heavy atom. The first kappa shape index (κ1) is 14.0. The molecule has 0 radical (unpaired) electrons. The van der Waals surface area contributed by atoms with Crippen LogP contribution >= 0.6 is 11.6 Å². The third kappa shape index (κ3) is 2.65. The predicted octanol–water partition coefficient (Wildman–Crippen LogP) is 4.35. The molecule has 1 unspecified atom stereocenters. The summed E-state index contributed by atoms with van der Waals surface area (Å²) in [5, 5.41) is 11.3. The van der Waals surface area contributed by atoms with Crippen molar-refractivity contribution in [2.45, 2.75) is 26.4 Å². The number of aryl methyl sites for hydroxylation is 2. The van der Waals surface area contributed by atoms with Crippen molar-refractivity contribution < 1.29 is 9.50 Å². The van der Waals surface area contributed by atoms with Crippen LogP contribution in [-0.4, -0.2) is 5.11 Å². The van der Waals surface area contributed by atoms with Crippen molar-refractivity contribution in [3.05, 3.63) is 69.5 Å². The highest BCUT2D eigenvalue weighted by atomic mass is 35.5. The van der Waals surface area contributed by atoms with E-state index < -0.39 is 5.60 Å². The monoisotopic (exact) mass is 278 g/mol. The summed E-state index contributed by atoms with van der Waals surface area (Å²) in [7, 11) is 0. The van der Waals surface area contributed by atoms with Crippen molar-refractivity contribution in [2.24, 2.45) is 0 Å². The minimum atomic E-state index is -1.27. The van der Waals surface area contributed by atoms with Gasteiger partial charge in [-0.25, -0.2) is 4.39 Å². The third-order valence-electron chi connectivity index (χ3n) is 3.47. The van der Waals surface area contributed by atoms with E-state index in [4.69, 9.17) is 11.6 Å². The standard InChI is InChI=1S/C16H16ClFO/c1-10-4-6-12(8-14(10)17)16(3,19)13-7-5-11(2)15(18)9-13/h4-9,19H,1-3H3. The smallest absolute Gasteiger partial charge is 0.126 e. The fraction of sp³-hybridized carbons (Fsp3) is 0.250. The van der Waals surface area contributed by atoms with Crippen molar-refractivity contribution in [1.29, 1.82) is 0 Å². The molecule has 2 aromatic rings. The first-order valence-electron chi connectivity index (χ1n) is 6.08. The van der Waals surface area contributed by atoms with Crippen molar-refractivity contribution in [3.63, 3.8) is 0 Å². The quantitative estimate of drug-likeness (QED) is 0.866. The second-order valence-corrected chi connectivity index (χ2v) is 5.41. The fourth-order valence-electron chi connectivity index (χ4n) is 1.96. The molecule has 0 aromatic heterocycles. The van der Waals surface area contributed by atoms with Gasteiger partial charge in [0.25, 0.3) is 0 Å². The molecule has 19 heavy (non-hydrogen) atoms. The second-order valence-electron chi connectivity index (χ2n) is 5.00. The maximum atomic E-state index is 13.6. The topological polar surface area (TPSA) is 20.2 Å². The summed E-state index contributed by atoms with van der Waals surface area (Å²) in [5.41, 5.74) is 1.38. The lowest BCUT2D eigenvalue weighted by atomic mass is 9.87. The van der Waals surface area contributed by atoms with Gasteiger partial charge in [0.15, 0.2) is 0 Å². The van der Waals surface area contributed by atoms with E-state index in [9.17, 15) is 9.50 Å². The van der Waals surface area contributed by atoms with E-state index in [2.05, 4.69) is 0 Å². The van der Waals surface area contributed by atoms with Crippen LogP contribution in [0.5, 0.6) is 0 Å². The van der Waals surface area contributed by atoms with Crippen LogP contribution < -0.4 is 0 Å². The zero-order valence-corrected chi connectivity index (χ0v) is 11.9. The van der Waals surface area contributed by atoms with E-state index in [1.807, 2.05) is 13.0 Å². The van der Waals surface area contributed by atoms with Gasteiger partial charge in [0, 0.05) is 5.02 Å². The van der Waals surface area contributed by atoms with Crippen LogP contribution in [0.1, 0.15) is 29.2 Å². The Labute approximate surface area is 117 Å². The molecule has 2 aromatic carbocycles. The largest absolute Gasteiger partial charge is 0.381 e. The minimum Gasteiger partial charge on any atom is -0.381 e. The molecule has 2 rings (SSSR count). The van der Waals surface area contributed by atoms with Crippen molar-refractivity contribution >= 4 is 11.6 Å². The molecule has 0 aliphatic heterocycles. The van der Waals surface area contributed by atoms with Crippen molar-refractivity contribution in [2.75, 3.05) is 0 Å². The van der Waals surface area contributed by atoms with Gasteiger partial charge in [-0.15, -0.1) is 0 Å². The van der Waals surface area contributed by atoms with Gasteiger partial charge in [-0.05, 0) is 55.2 Å². The Bertz CT molecular complexity index is 567. The van der Waals surface area contributed by atoms with Gasteiger partial charge in [0.2, 0.25) is 0 Å². The Morgan fingerprint density at radius 1 is 1.00 bits per heavy atom. The first-order valence-corrected chi connectivity index (χ1v) is 6.46. The maximum Gasteiger partial charge on any atom is 0.126 e. The number of hydrogen-bond acceptors (Lipinski definition) is 1. The summed E-state index contributed by atoms with van der Waals surface area (Å²) in [6.45, 7) is 5.22. The molecule has 0 amide bonds. The van der Waals surface area contributed by atoms with E-state index in [0.717, 1.165) is 5.56 Å². The van der Waals surface area contributed by atoms with Crippen molar-refractivity contribution in [3.8, 4) is 0 Å². The Morgan fingerprint density at radius 3 is 2.05 bits per heavy atom. The highest BCUT2D eigenvalue weighted by molar-refractivity contribution is 6.31. The molecular weight excluding hydrogens is 263 g/mol. The first-order chi connectivity index (χ1) is 8.82. The van der Waals surface area contributed by atoms with Crippen LogP contribution in [0.15, 0.2) is 36.4 Å². The van der Waals surface area contributed by atoms with E-state index in [1.165, 1.54) is 6.07 Å². The minimum absolute atomic E-state index is 0.323. The molecule has 0 aliphatic carbocycles. The van der Waals surface area contributed by atoms with Crippen LogP contribution in [0.4, 0.5) is 4.39 Å². The molecule has 0 saturated heterocycles. The highest BCUT2D eigenvalue weighted by Gasteiger charge is 2.26. The Hall–Kier alpha value is -1.38. The molecule has 1 nitrogen and oxygen atoms in total. The molecule has 0 bridgehead atoms. The molecular formula is C16H16ClFO. The number of benzene rings is 2. The summed E-state index contributed by atoms with van der Waals surface area (Å²) in [5.74, 6) is -0.323. The number of rotatable bonds is 2. The van der Waals surface area contributed by atoms with E-state index >= 15 is 0 Å². The fourth-order valence-corrected chi connectivity index (χ4v) is 2.14. The molecule has 0 fully saturated rings. The molecule has 0 aliphatic rings. The SMILES string of the molecule is Cc1ccc(C(C)(O)c2ccc(C)c(Cl)c2)cc1F. The molecule has 100 valence electrons. The van der Waals surface area contributed by atoms with Gasteiger partial charge >= 0.3 is 0 Å². The molecule has 0 saturated carbocycles. The van der Waals surface area contributed by atoms with E-state index in [1.54, 1.807) is 38.1 Å². The molecule has 3 heteroatoms. The van der Waals surface area contributed by atoms with Crippen LogP contribution in [0.25, 0.3) is 0 Å². The number of halogens is 2. The van der Waals surface area contributed by atoms with E-state index in [0.29, 0.717) is 21.7 Å². The molecule has 0 spiro atoms. The van der Waals surface area contributed by atoms with Gasteiger partial charge in [-0.2, -0.15) is 0 Å². The average Bonchev–Trinajstić information content (AvgIpc) is 2.35. The lowest BCUT2D eigenvalue weighted by Crippen LogP contribution is -2.23. The Kier molecular flexibility index (Phi) is 3.66. The Balaban J connectivity index is 2.51. The summed E-state index contributed by atoms with van der Waals surface area (Å²) in [4.78, 5) is 0. The van der Waals surface area contributed by atoms with Gasteiger partial charge in [0.1, 0.15) is 11.4 Å². The second kappa shape index (κ2) is 4.95. The summed E-state index contributed by atoms with van der Waals surface area (Å²) >= 11 is 6.08. The van der Waals surface area contributed by atoms with Gasteiger partial charge in [0.05, 0.1) is 0 Å². The average molecular weight is 279 g/mol. The summed E-state index contributed by atoms with van der Waals surface area (Å²) < 4.78 is 13.6. The van der Waals surface area contributed by atoms with Gasteiger partial charge < -0.3 is 5.11 Å². The highest BCUT2D eigenvalue weighted by Crippen LogP contribution is 2.32. The molecule has 1 atom stereocenters. The van der Waals surface area contributed by atoms with Crippen LogP contribution in [0, 0.1) is 19.7 Å². The van der Waals surface area contributed by atoms with Crippen molar-refractivity contribution in [1.82, 2.24) is 0 Å².